The predicted molar refractivity (Wildman–Crippen MR) is 149 cm³/mol. The Morgan fingerprint density at radius 1 is 0.875 bits per heavy atom. The molecular weight excluding hydrogens is 511 g/mol. The quantitative estimate of drug-likeness (QED) is 0.232. The van der Waals surface area contributed by atoms with Crippen molar-refractivity contribution < 1.29 is 18.8 Å². The summed E-state index contributed by atoms with van der Waals surface area (Å²) in [5.74, 6) is -0.311. The molecule has 0 saturated carbocycles. The van der Waals surface area contributed by atoms with Gasteiger partial charge in [0, 0.05) is 29.9 Å². The van der Waals surface area contributed by atoms with Crippen molar-refractivity contribution in [3.63, 3.8) is 0 Å². The molecule has 0 spiro atoms. The molecule has 9 heteroatoms. The molecule has 3 aromatic carbocycles. The predicted octanol–water partition coefficient (Wildman–Crippen LogP) is 6.19. The molecule has 0 atom stereocenters. The first-order valence-electron chi connectivity index (χ1n) is 12.8. The van der Waals surface area contributed by atoms with Crippen LogP contribution in [0.1, 0.15) is 25.1 Å². The van der Waals surface area contributed by atoms with Crippen LogP contribution in [0.15, 0.2) is 94.2 Å². The Morgan fingerprint density at radius 3 is 2.52 bits per heavy atom. The van der Waals surface area contributed by atoms with Gasteiger partial charge in [0.1, 0.15) is 23.0 Å². The van der Waals surface area contributed by atoms with Crippen LogP contribution < -0.4 is 5.56 Å². The Balaban J connectivity index is 1.38. The van der Waals surface area contributed by atoms with E-state index < -0.39 is 11.8 Å². The molecule has 3 aromatic heterocycles. The highest BCUT2D eigenvalue weighted by molar-refractivity contribution is 5.84. The lowest BCUT2D eigenvalue weighted by Crippen LogP contribution is -2.24. The molecule has 40 heavy (non-hydrogen) atoms. The number of nitrogens with zero attached hydrogens (tertiary/aromatic N) is 4. The highest BCUT2D eigenvalue weighted by atomic mass is 19.1. The van der Waals surface area contributed by atoms with Gasteiger partial charge in [-0.15, -0.1) is 0 Å². The van der Waals surface area contributed by atoms with E-state index in [4.69, 9.17) is 14.6 Å². The summed E-state index contributed by atoms with van der Waals surface area (Å²) in [5.41, 5.74) is 3.46. The topological polar surface area (TPSA) is 111 Å². The van der Waals surface area contributed by atoms with E-state index in [0.717, 1.165) is 10.9 Å². The van der Waals surface area contributed by atoms with Crippen molar-refractivity contribution in [1.29, 1.82) is 0 Å². The van der Waals surface area contributed by atoms with Crippen molar-refractivity contribution in [2.75, 3.05) is 0 Å². The number of halogens is 1. The van der Waals surface area contributed by atoms with Crippen molar-refractivity contribution in [3.05, 3.63) is 107 Å². The molecule has 6 rings (SSSR count). The zero-order valence-electron chi connectivity index (χ0n) is 21.3. The number of aliphatic carboxylic acids is 1. The number of rotatable bonds is 8. The molecule has 0 amide bonds. The first-order valence-corrected chi connectivity index (χ1v) is 12.8. The second-order valence-corrected chi connectivity index (χ2v) is 9.44. The van der Waals surface area contributed by atoms with E-state index in [0.29, 0.717) is 64.4 Å². The van der Waals surface area contributed by atoms with Gasteiger partial charge in [-0.25, -0.2) is 14.4 Å². The monoisotopic (exact) mass is 534 g/mol. The average Bonchev–Trinajstić information content (AvgIpc) is 3.46. The van der Waals surface area contributed by atoms with Gasteiger partial charge in [-0.3, -0.25) is 14.2 Å². The van der Waals surface area contributed by atoms with Gasteiger partial charge in [0.2, 0.25) is 0 Å². The van der Waals surface area contributed by atoms with E-state index in [2.05, 4.69) is 10.1 Å². The number of carboxylic acid groups (broad SMARTS) is 1. The minimum absolute atomic E-state index is 0.0269. The summed E-state index contributed by atoms with van der Waals surface area (Å²) in [7, 11) is 0. The molecule has 0 aliphatic heterocycles. The van der Waals surface area contributed by atoms with Gasteiger partial charge < -0.3 is 9.63 Å². The fourth-order valence-corrected chi connectivity index (χ4v) is 4.71. The lowest BCUT2D eigenvalue weighted by Gasteiger charge is -2.14. The van der Waals surface area contributed by atoms with Crippen molar-refractivity contribution in [3.8, 4) is 28.4 Å². The number of benzene rings is 3. The van der Waals surface area contributed by atoms with E-state index in [-0.39, 0.29) is 12.0 Å². The van der Waals surface area contributed by atoms with Gasteiger partial charge in [-0.2, -0.15) is 0 Å². The number of fused-ring (bicyclic) bond motifs is 2. The molecule has 198 valence electrons. The van der Waals surface area contributed by atoms with E-state index in [1.165, 1.54) is 28.8 Å². The highest BCUT2D eigenvalue weighted by Gasteiger charge is 2.16. The first-order chi connectivity index (χ1) is 19.5. The number of unbranched alkanes of at least 4 members (excludes halogenated alkanes) is 1. The zero-order valence-corrected chi connectivity index (χ0v) is 21.3. The second-order valence-electron chi connectivity index (χ2n) is 9.44. The summed E-state index contributed by atoms with van der Waals surface area (Å²) in [4.78, 5) is 34.0. The number of carbonyl (C=O) groups is 1. The van der Waals surface area contributed by atoms with E-state index in [1.807, 2.05) is 36.4 Å². The summed E-state index contributed by atoms with van der Waals surface area (Å²) in [6.45, 7) is 0. The number of hydrogen-bond acceptors (Lipinski definition) is 6. The number of hydrogen-bond donors (Lipinski definition) is 1. The molecule has 0 radical (unpaired) electrons. The van der Waals surface area contributed by atoms with Crippen LogP contribution in [-0.4, -0.2) is 30.8 Å². The largest absolute Gasteiger partial charge is 0.481 e. The van der Waals surface area contributed by atoms with E-state index in [9.17, 15) is 14.0 Å². The molecule has 0 aliphatic carbocycles. The zero-order chi connectivity index (χ0) is 27.6. The molecule has 0 fully saturated rings. The van der Waals surface area contributed by atoms with Crippen LogP contribution in [-0.2, 0) is 11.2 Å². The minimum atomic E-state index is -0.877. The second kappa shape index (κ2) is 10.5. The number of carboxylic acids is 1. The molecule has 0 aliphatic rings. The maximum absolute atomic E-state index is 13.6. The molecule has 0 bridgehead atoms. The van der Waals surface area contributed by atoms with Crippen LogP contribution in [0.4, 0.5) is 4.39 Å². The van der Waals surface area contributed by atoms with Crippen molar-refractivity contribution in [2.45, 2.75) is 25.7 Å². The third-order valence-electron chi connectivity index (χ3n) is 6.72. The molecule has 6 aromatic rings. The normalized spacial score (nSPS) is 11.3. The maximum Gasteiger partial charge on any atom is 0.303 e. The fraction of sp³-hybridized carbons (Fsp3) is 0.129. The molecule has 0 unspecified atom stereocenters. The SMILES string of the molecule is O=C(O)CCCCc1nc2cc(-c3cc(-c4ccc5ccccc5n4)on3)ccc2c(=O)n1-c1ccc(F)cc1. The Morgan fingerprint density at radius 2 is 1.70 bits per heavy atom. The molecule has 3 heterocycles. The maximum atomic E-state index is 13.6. The summed E-state index contributed by atoms with van der Waals surface area (Å²) < 4.78 is 20.7. The Kier molecular flexibility index (Phi) is 6.61. The van der Waals surface area contributed by atoms with Crippen molar-refractivity contribution in [2.24, 2.45) is 0 Å². The Hall–Kier alpha value is -5.18. The van der Waals surface area contributed by atoms with Crippen LogP contribution >= 0.6 is 0 Å². The summed E-state index contributed by atoms with van der Waals surface area (Å²) >= 11 is 0. The minimum Gasteiger partial charge on any atom is -0.481 e. The Labute approximate surface area is 227 Å². The van der Waals surface area contributed by atoms with Gasteiger partial charge in [0.15, 0.2) is 5.76 Å². The first kappa shape index (κ1) is 25.1. The number of para-hydroxylation sites is 1. The lowest BCUT2D eigenvalue weighted by atomic mass is 10.1. The highest BCUT2D eigenvalue weighted by Crippen LogP contribution is 2.28. The standard InChI is InChI=1S/C31H23FN4O4/c32-21-11-13-22(14-12-21)36-29(7-3-4-8-30(37)38)34-27-17-20(9-15-23(27)31(36)39)26-18-28(40-35-26)25-16-10-19-5-1-2-6-24(19)33-25/h1-2,5-6,9-18H,3-4,7-8H2,(H,37,38). The van der Waals surface area contributed by atoms with Crippen LogP contribution in [0.25, 0.3) is 50.2 Å². The van der Waals surface area contributed by atoms with Crippen LogP contribution in [0.3, 0.4) is 0 Å². The van der Waals surface area contributed by atoms with Crippen LogP contribution in [0, 0.1) is 5.82 Å². The third-order valence-corrected chi connectivity index (χ3v) is 6.72. The molecular formula is C31H23FN4O4. The smallest absolute Gasteiger partial charge is 0.303 e. The van der Waals surface area contributed by atoms with E-state index in [1.54, 1.807) is 24.3 Å². The van der Waals surface area contributed by atoms with Gasteiger partial charge in [0.05, 0.1) is 22.1 Å². The molecule has 0 saturated heterocycles. The third kappa shape index (κ3) is 4.96. The molecule has 8 nitrogen and oxygen atoms in total. The number of aromatic nitrogens is 4. The van der Waals surface area contributed by atoms with Gasteiger partial charge in [-0.1, -0.05) is 35.5 Å². The summed E-state index contributed by atoms with van der Waals surface area (Å²) in [5, 5.41) is 14.6. The summed E-state index contributed by atoms with van der Waals surface area (Å²) in [6, 6.07) is 24.3. The van der Waals surface area contributed by atoms with Crippen molar-refractivity contribution in [1.82, 2.24) is 19.7 Å². The fourth-order valence-electron chi connectivity index (χ4n) is 4.71. The van der Waals surface area contributed by atoms with E-state index >= 15 is 0 Å². The lowest BCUT2D eigenvalue weighted by molar-refractivity contribution is -0.137. The summed E-state index contributed by atoms with van der Waals surface area (Å²) in [6.07, 6.45) is 1.37. The van der Waals surface area contributed by atoms with Crippen LogP contribution in [0.5, 0.6) is 0 Å². The van der Waals surface area contributed by atoms with Gasteiger partial charge in [-0.05, 0) is 61.4 Å². The average molecular weight is 535 g/mol. The van der Waals surface area contributed by atoms with Gasteiger partial charge in [0.25, 0.3) is 5.56 Å². The number of pyridine rings is 1. The van der Waals surface area contributed by atoms with Crippen LogP contribution in [0.2, 0.25) is 0 Å². The van der Waals surface area contributed by atoms with Gasteiger partial charge >= 0.3 is 5.97 Å². The van der Waals surface area contributed by atoms with Crippen molar-refractivity contribution >= 4 is 27.8 Å². The molecule has 1 N–H and O–H groups in total. The Bertz CT molecular complexity index is 1930. The number of aryl methyl sites for hydroxylation is 1.